The van der Waals surface area contributed by atoms with Gasteiger partial charge in [-0.3, -0.25) is 15.0 Å². The number of benzene rings is 3. The molecule has 4 nitrogen and oxygen atoms in total. The molecule has 3 aromatic rings. The first kappa shape index (κ1) is 16.1. The summed E-state index contributed by atoms with van der Waals surface area (Å²) in [7, 11) is 0. The Kier molecular flexibility index (Phi) is 4.23. The Bertz CT molecular complexity index is 919. The average molecular weight is 342 g/mol. The van der Waals surface area contributed by atoms with Crippen molar-refractivity contribution in [2.75, 3.05) is 4.90 Å². The van der Waals surface area contributed by atoms with E-state index in [1.807, 2.05) is 54.6 Å². The first-order chi connectivity index (χ1) is 12.7. The quantitative estimate of drug-likeness (QED) is 0.709. The SMILES string of the molecule is O=C(NC(=O)N1c2ccccc2CCc2ccccc21)c1ccccc1. The van der Waals surface area contributed by atoms with E-state index in [0.29, 0.717) is 5.56 Å². The highest BCUT2D eigenvalue weighted by Crippen LogP contribution is 2.35. The Morgan fingerprint density at radius 3 is 1.77 bits per heavy atom. The molecule has 0 aromatic heterocycles. The fourth-order valence-electron chi connectivity index (χ4n) is 3.31. The number of imide groups is 1. The maximum Gasteiger partial charge on any atom is 0.333 e. The number of carbonyl (C=O) groups excluding carboxylic acids is 2. The number of amides is 3. The maximum absolute atomic E-state index is 13.1. The molecule has 0 unspecified atom stereocenters. The fourth-order valence-corrected chi connectivity index (χ4v) is 3.31. The van der Waals surface area contributed by atoms with E-state index in [-0.39, 0.29) is 0 Å². The van der Waals surface area contributed by atoms with Crippen molar-refractivity contribution >= 4 is 23.3 Å². The molecule has 0 fully saturated rings. The molecule has 4 rings (SSSR count). The summed E-state index contributed by atoms with van der Waals surface area (Å²) in [6.45, 7) is 0. The van der Waals surface area contributed by atoms with Crippen LogP contribution in [0.25, 0.3) is 0 Å². The molecule has 3 amide bonds. The van der Waals surface area contributed by atoms with Gasteiger partial charge in [-0.05, 0) is 48.2 Å². The van der Waals surface area contributed by atoms with Gasteiger partial charge in [-0.1, -0.05) is 54.6 Å². The van der Waals surface area contributed by atoms with Crippen LogP contribution in [0.15, 0.2) is 78.9 Å². The number of urea groups is 1. The normalized spacial score (nSPS) is 12.5. The van der Waals surface area contributed by atoms with Crippen LogP contribution in [0.1, 0.15) is 21.5 Å². The maximum atomic E-state index is 13.1. The van der Waals surface area contributed by atoms with Crippen molar-refractivity contribution in [3.63, 3.8) is 0 Å². The number of hydrogen-bond donors (Lipinski definition) is 1. The Balaban J connectivity index is 1.73. The van der Waals surface area contributed by atoms with Gasteiger partial charge in [0.2, 0.25) is 0 Å². The summed E-state index contributed by atoms with van der Waals surface area (Å²) in [6.07, 6.45) is 1.70. The average Bonchev–Trinajstić information content (AvgIpc) is 2.85. The van der Waals surface area contributed by atoms with Crippen LogP contribution in [0.3, 0.4) is 0 Å². The van der Waals surface area contributed by atoms with E-state index < -0.39 is 11.9 Å². The number of anilines is 2. The molecule has 1 N–H and O–H groups in total. The number of rotatable bonds is 1. The third-order valence-corrected chi connectivity index (χ3v) is 4.59. The molecule has 0 saturated heterocycles. The second kappa shape index (κ2) is 6.84. The smallest absolute Gasteiger partial charge is 0.273 e. The predicted molar refractivity (Wildman–Crippen MR) is 102 cm³/mol. The molecule has 0 atom stereocenters. The molecule has 1 aliphatic heterocycles. The van der Waals surface area contributed by atoms with E-state index in [1.54, 1.807) is 29.2 Å². The minimum atomic E-state index is -0.444. The Labute approximate surface area is 152 Å². The van der Waals surface area contributed by atoms with E-state index in [2.05, 4.69) is 5.32 Å². The van der Waals surface area contributed by atoms with Crippen molar-refractivity contribution < 1.29 is 9.59 Å². The Morgan fingerprint density at radius 2 is 1.19 bits per heavy atom. The summed E-state index contributed by atoms with van der Waals surface area (Å²) in [5.74, 6) is -0.408. The number of carbonyl (C=O) groups is 2. The summed E-state index contributed by atoms with van der Waals surface area (Å²) in [6, 6.07) is 24.0. The molecule has 3 aromatic carbocycles. The summed E-state index contributed by atoms with van der Waals surface area (Å²) in [5, 5.41) is 2.52. The molecule has 0 saturated carbocycles. The molecule has 1 heterocycles. The highest BCUT2D eigenvalue weighted by molar-refractivity contribution is 6.12. The lowest BCUT2D eigenvalue weighted by atomic mass is 10.0. The number of nitrogens with one attached hydrogen (secondary N) is 1. The van der Waals surface area contributed by atoms with E-state index in [1.165, 1.54) is 0 Å². The van der Waals surface area contributed by atoms with E-state index in [9.17, 15) is 9.59 Å². The monoisotopic (exact) mass is 342 g/mol. The molecule has 0 spiro atoms. The van der Waals surface area contributed by atoms with Gasteiger partial charge in [-0.25, -0.2) is 4.79 Å². The van der Waals surface area contributed by atoms with Crippen LogP contribution in [0.4, 0.5) is 16.2 Å². The summed E-state index contributed by atoms with van der Waals surface area (Å²) in [5.41, 5.74) is 4.26. The molecule has 4 heteroatoms. The van der Waals surface area contributed by atoms with Crippen LogP contribution in [0, 0.1) is 0 Å². The first-order valence-electron chi connectivity index (χ1n) is 8.60. The van der Waals surface area contributed by atoms with Crippen molar-refractivity contribution in [3.05, 3.63) is 95.6 Å². The number of hydrogen-bond acceptors (Lipinski definition) is 2. The molecule has 0 aliphatic carbocycles. The minimum absolute atomic E-state index is 0.408. The van der Waals surface area contributed by atoms with Crippen molar-refractivity contribution in [3.8, 4) is 0 Å². The molecular formula is C22H18N2O2. The predicted octanol–water partition coefficient (Wildman–Crippen LogP) is 4.47. The van der Waals surface area contributed by atoms with Crippen LogP contribution in [0.5, 0.6) is 0 Å². The van der Waals surface area contributed by atoms with E-state index >= 15 is 0 Å². The zero-order chi connectivity index (χ0) is 17.9. The second-order valence-corrected chi connectivity index (χ2v) is 6.22. The van der Waals surface area contributed by atoms with E-state index in [4.69, 9.17) is 0 Å². The van der Waals surface area contributed by atoms with Crippen LogP contribution in [0.2, 0.25) is 0 Å². The first-order valence-corrected chi connectivity index (χ1v) is 8.60. The van der Waals surface area contributed by atoms with Crippen LogP contribution in [-0.2, 0) is 12.8 Å². The zero-order valence-corrected chi connectivity index (χ0v) is 14.2. The van der Waals surface area contributed by atoms with Gasteiger partial charge < -0.3 is 0 Å². The number of nitrogens with zero attached hydrogens (tertiary/aromatic N) is 1. The molecule has 26 heavy (non-hydrogen) atoms. The van der Waals surface area contributed by atoms with Gasteiger partial charge in [0.15, 0.2) is 0 Å². The third-order valence-electron chi connectivity index (χ3n) is 4.59. The number of fused-ring (bicyclic) bond motifs is 2. The van der Waals surface area contributed by atoms with Gasteiger partial charge >= 0.3 is 6.03 Å². The highest BCUT2D eigenvalue weighted by Gasteiger charge is 2.26. The van der Waals surface area contributed by atoms with Gasteiger partial charge in [0.25, 0.3) is 5.91 Å². The largest absolute Gasteiger partial charge is 0.333 e. The molecule has 128 valence electrons. The summed E-state index contributed by atoms with van der Waals surface area (Å²) < 4.78 is 0. The van der Waals surface area contributed by atoms with Gasteiger partial charge in [0.1, 0.15) is 0 Å². The van der Waals surface area contributed by atoms with Gasteiger partial charge in [-0.15, -0.1) is 0 Å². The van der Waals surface area contributed by atoms with Crippen LogP contribution < -0.4 is 10.2 Å². The number of aryl methyl sites for hydroxylation is 2. The fraction of sp³-hybridized carbons (Fsp3) is 0.0909. The second-order valence-electron chi connectivity index (χ2n) is 6.22. The summed E-state index contributed by atoms with van der Waals surface area (Å²) in [4.78, 5) is 27.1. The van der Waals surface area contributed by atoms with Gasteiger partial charge in [-0.2, -0.15) is 0 Å². The van der Waals surface area contributed by atoms with Crippen molar-refractivity contribution in [2.24, 2.45) is 0 Å². The highest BCUT2D eigenvalue weighted by atomic mass is 16.2. The zero-order valence-electron chi connectivity index (χ0n) is 14.2. The molecule has 1 aliphatic rings. The lowest BCUT2D eigenvalue weighted by molar-refractivity contribution is 0.0966. The molecule has 0 bridgehead atoms. The Morgan fingerprint density at radius 1 is 0.692 bits per heavy atom. The topological polar surface area (TPSA) is 49.4 Å². The van der Waals surface area contributed by atoms with Crippen LogP contribution in [-0.4, -0.2) is 11.9 Å². The minimum Gasteiger partial charge on any atom is -0.273 e. The molecule has 0 radical (unpaired) electrons. The van der Waals surface area contributed by atoms with Crippen molar-refractivity contribution in [2.45, 2.75) is 12.8 Å². The Hall–Kier alpha value is -3.40. The van der Waals surface area contributed by atoms with Gasteiger partial charge in [0, 0.05) is 5.56 Å². The van der Waals surface area contributed by atoms with E-state index in [0.717, 1.165) is 35.3 Å². The third kappa shape index (κ3) is 2.97. The molecular weight excluding hydrogens is 324 g/mol. The lowest BCUT2D eigenvalue weighted by Crippen LogP contribution is -2.40. The number of para-hydroxylation sites is 2. The van der Waals surface area contributed by atoms with Crippen LogP contribution >= 0.6 is 0 Å². The van der Waals surface area contributed by atoms with Gasteiger partial charge in [0.05, 0.1) is 11.4 Å². The summed E-state index contributed by atoms with van der Waals surface area (Å²) >= 11 is 0. The van der Waals surface area contributed by atoms with Crippen molar-refractivity contribution in [1.29, 1.82) is 0 Å². The standard InChI is InChI=1S/C22H18N2O2/c25-21(18-10-2-1-3-11-18)23-22(26)24-19-12-6-4-8-16(19)14-15-17-9-5-7-13-20(17)24/h1-13H,14-15H2,(H,23,25,26). The van der Waals surface area contributed by atoms with Crippen molar-refractivity contribution in [1.82, 2.24) is 5.32 Å². The lowest BCUT2D eigenvalue weighted by Gasteiger charge is -2.24.